The third kappa shape index (κ3) is 11.8. The average molecular weight is 393 g/mol. The fourth-order valence-corrected chi connectivity index (χ4v) is 3.73. The van der Waals surface area contributed by atoms with Crippen LogP contribution in [0.15, 0.2) is 29.2 Å². The quantitative estimate of drug-likeness (QED) is 0.237. The predicted octanol–water partition coefficient (Wildman–Crippen LogP) is 6.09. The molecule has 3 nitrogen and oxygen atoms in total. The van der Waals surface area contributed by atoms with Gasteiger partial charge in [0.1, 0.15) is 0 Å². The van der Waals surface area contributed by atoms with Crippen molar-refractivity contribution in [3.63, 3.8) is 0 Å². The Balaban J connectivity index is 0.00000625. The van der Waals surface area contributed by atoms with Crippen molar-refractivity contribution in [1.82, 2.24) is 0 Å². The van der Waals surface area contributed by atoms with Crippen LogP contribution < -0.4 is 0 Å². The Kier molecular flexibility index (Phi) is 15.2. The third-order valence-electron chi connectivity index (χ3n) is 4.99. The van der Waals surface area contributed by atoms with Gasteiger partial charge in [0.2, 0.25) is 0 Å². The molecule has 1 aromatic carbocycles. The first kappa shape index (κ1) is 26.1. The van der Waals surface area contributed by atoms with E-state index in [0.29, 0.717) is 5.92 Å². The Bertz CT molecular complexity index is 555. The maximum absolute atomic E-state index is 11.1. The van der Waals surface area contributed by atoms with Crippen molar-refractivity contribution in [2.75, 3.05) is 0 Å². The molecule has 1 N–H and O–H groups in total. The number of hydrogen-bond donors (Lipinski definition) is 1. The van der Waals surface area contributed by atoms with Gasteiger partial charge in [-0.15, -0.1) is 0 Å². The number of hydrogen-bond acceptors (Lipinski definition) is 2. The molecule has 0 radical (unpaired) electrons. The van der Waals surface area contributed by atoms with Gasteiger partial charge in [0.15, 0.2) is 0 Å². The molecule has 0 aliphatic rings. The van der Waals surface area contributed by atoms with Crippen LogP contribution in [0, 0.1) is 0 Å². The summed E-state index contributed by atoms with van der Waals surface area (Å²) in [5.74, 6) is 0.425. The van der Waals surface area contributed by atoms with Gasteiger partial charge in [-0.25, -0.2) is 0 Å². The van der Waals surface area contributed by atoms with Crippen LogP contribution in [0.3, 0.4) is 0 Å². The van der Waals surface area contributed by atoms with E-state index in [4.69, 9.17) is 4.55 Å². The van der Waals surface area contributed by atoms with E-state index in [9.17, 15) is 8.42 Å². The Morgan fingerprint density at radius 2 is 1.23 bits per heavy atom. The maximum atomic E-state index is 11.1. The van der Waals surface area contributed by atoms with Gasteiger partial charge < -0.3 is 0 Å². The van der Waals surface area contributed by atoms with Crippen molar-refractivity contribution in [2.24, 2.45) is 0 Å². The predicted molar refractivity (Wildman–Crippen MR) is 113 cm³/mol. The van der Waals surface area contributed by atoms with Gasteiger partial charge in [-0.3, -0.25) is 4.55 Å². The van der Waals surface area contributed by atoms with Crippen LogP contribution in [0.1, 0.15) is 102 Å². The second-order valence-electron chi connectivity index (χ2n) is 7.27. The molecule has 5 heteroatoms. The molecule has 0 amide bonds. The van der Waals surface area contributed by atoms with Gasteiger partial charge in [-0.1, -0.05) is 96.6 Å². The normalized spacial score (nSPS) is 12.6. The number of unbranched alkanes of at least 4 members (excludes halogenated alkanes) is 10. The van der Waals surface area contributed by atoms with Crippen LogP contribution >= 0.6 is 0 Å². The standard InChI is InChI=1S/C21H36O3S.Na.H/c1-3-4-5-6-7-8-9-10-11-12-13-14-19(2)20-15-17-21(18-16-20)25(22,23)24;;/h15-19H,3-14H2,1-2H3,(H,22,23,24);;. The monoisotopic (exact) mass is 392 g/mol. The minimum absolute atomic E-state index is 0. The van der Waals surface area contributed by atoms with Crippen LogP contribution in [-0.2, 0) is 10.1 Å². The molecule has 0 saturated heterocycles. The van der Waals surface area contributed by atoms with Gasteiger partial charge in [-0.2, -0.15) is 8.42 Å². The molecule has 0 spiro atoms. The molecular formula is C21H37NaO3S. The average Bonchev–Trinajstić information content (AvgIpc) is 2.59. The SMILES string of the molecule is CCCCCCCCCCCCCC(C)c1ccc(S(=O)(=O)O)cc1.[NaH]. The molecule has 0 aromatic heterocycles. The van der Waals surface area contributed by atoms with E-state index < -0.39 is 10.1 Å². The summed E-state index contributed by atoms with van der Waals surface area (Å²) in [5.41, 5.74) is 1.14. The molecule has 1 aromatic rings. The summed E-state index contributed by atoms with van der Waals surface area (Å²) in [5, 5.41) is 0. The van der Waals surface area contributed by atoms with E-state index in [-0.39, 0.29) is 34.5 Å². The van der Waals surface area contributed by atoms with E-state index in [1.807, 2.05) is 12.1 Å². The van der Waals surface area contributed by atoms with Crippen LogP contribution in [-0.4, -0.2) is 42.5 Å². The molecule has 0 bridgehead atoms. The fourth-order valence-electron chi connectivity index (χ4n) is 3.25. The Morgan fingerprint density at radius 1 is 0.808 bits per heavy atom. The zero-order valence-corrected chi connectivity index (χ0v) is 16.9. The molecular weight excluding hydrogens is 355 g/mol. The van der Waals surface area contributed by atoms with Crippen molar-refractivity contribution in [2.45, 2.75) is 102 Å². The van der Waals surface area contributed by atoms with Crippen molar-refractivity contribution in [3.8, 4) is 0 Å². The molecule has 0 saturated carbocycles. The first-order chi connectivity index (χ1) is 11.9. The topological polar surface area (TPSA) is 54.4 Å². The Hall–Kier alpha value is 0.130. The molecule has 0 fully saturated rings. The summed E-state index contributed by atoms with van der Waals surface area (Å²) in [7, 11) is -4.08. The molecule has 1 atom stereocenters. The zero-order chi connectivity index (χ0) is 18.5. The summed E-state index contributed by atoms with van der Waals surface area (Å²) in [6.45, 7) is 4.44. The number of rotatable bonds is 14. The summed E-state index contributed by atoms with van der Waals surface area (Å²) >= 11 is 0. The van der Waals surface area contributed by atoms with Crippen LogP contribution in [0.25, 0.3) is 0 Å². The summed E-state index contributed by atoms with van der Waals surface area (Å²) in [6.07, 6.45) is 16.0. The molecule has 0 heterocycles. The number of benzene rings is 1. The second kappa shape index (κ2) is 15.1. The molecule has 1 rings (SSSR count). The Morgan fingerprint density at radius 3 is 1.65 bits per heavy atom. The van der Waals surface area contributed by atoms with E-state index >= 15 is 0 Å². The molecule has 0 aliphatic heterocycles. The van der Waals surface area contributed by atoms with Crippen molar-refractivity contribution in [3.05, 3.63) is 29.8 Å². The van der Waals surface area contributed by atoms with Crippen LogP contribution in [0.4, 0.5) is 0 Å². The van der Waals surface area contributed by atoms with Gasteiger partial charge >= 0.3 is 29.6 Å². The van der Waals surface area contributed by atoms with Gasteiger partial charge in [0.25, 0.3) is 10.1 Å². The first-order valence-electron chi connectivity index (χ1n) is 10.0. The Labute approximate surface area is 183 Å². The molecule has 1 unspecified atom stereocenters. The van der Waals surface area contributed by atoms with E-state index in [0.717, 1.165) is 12.0 Å². The zero-order valence-electron chi connectivity index (χ0n) is 16.0. The second-order valence-corrected chi connectivity index (χ2v) is 8.69. The van der Waals surface area contributed by atoms with Gasteiger partial charge in [0.05, 0.1) is 4.90 Å². The molecule has 0 aliphatic carbocycles. The van der Waals surface area contributed by atoms with Gasteiger partial charge in [0, 0.05) is 0 Å². The summed E-state index contributed by atoms with van der Waals surface area (Å²) in [6, 6.07) is 6.60. The fraction of sp³-hybridized carbons (Fsp3) is 0.714. The van der Waals surface area contributed by atoms with Crippen molar-refractivity contribution < 1.29 is 13.0 Å². The van der Waals surface area contributed by atoms with E-state index in [1.54, 1.807) is 0 Å². The van der Waals surface area contributed by atoms with Crippen molar-refractivity contribution >= 4 is 39.7 Å². The van der Waals surface area contributed by atoms with E-state index in [2.05, 4.69) is 13.8 Å². The summed E-state index contributed by atoms with van der Waals surface area (Å²) < 4.78 is 31.1. The van der Waals surface area contributed by atoms with Crippen molar-refractivity contribution in [1.29, 1.82) is 0 Å². The van der Waals surface area contributed by atoms with E-state index in [1.165, 1.54) is 82.8 Å². The summed E-state index contributed by atoms with van der Waals surface area (Å²) in [4.78, 5) is -0.0295. The van der Waals surface area contributed by atoms with Crippen LogP contribution in [0.5, 0.6) is 0 Å². The minimum atomic E-state index is -4.08. The molecule has 146 valence electrons. The van der Waals surface area contributed by atoms with Crippen LogP contribution in [0.2, 0.25) is 0 Å². The third-order valence-corrected chi connectivity index (χ3v) is 5.86. The van der Waals surface area contributed by atoms with Gasteiger partial charge in [-0.05, 0) is 30.0 Å². The first-order valence-corrected chi connectivity index (χ1v) is 11.5. The molecule has 26 heavy (non-hydrogen) atoms.